The Balaban J connectivity index is 3.05. The maximum atomic E-state index is 12.1. The van der Waals surface area contributed by atoms with Crippen LogP contribution in [0.5, 0.6) is 5.75 Å². The van der Waals surface area contributed by atoms with Crippen LogP contribution in [0.15, 0.2) is 0 Å². The van der Waals surface area contributed by atoms with Crippen molar-refractivity contribution < 1.29 is 24.2 Å². The molecule has 0 saturated heterocycles. The van der Waals surface area contributed by atoms with Gasteiger partial charge in [0.1, 0.15) is 15.5 Å². The molecule has 1 amide bonds. The molecule has 124 valence electrons. The first kappa shape index (κ1) is 18.4. The van der Waals surface area contributed by atoms with Crippen molar-refractivity contribution in [2.24, 2.45) is 0 Å². The molecule has 0 spiro atoms. The summed E-state index contributed by atoms with van der Waals surface area (Å²) in [5.41, 5.74) is 0.461. The number of esters is 1. The van der Waals surface area contributed by atoms with Gasteiger partial charge in [0.25, 0.3) is 5.91 Å². The number of aromatic hydroxyl groups is 1. The first-order valence-electron chi connectivity index (χ1n) is 7.23. The van der Waals surface area contributed by atoms with Crippen LogP contribution in [0.2, 0.25) is 0 Å². The van der Waals surface area contributed by atoms with E-state index in [0.29, 0.717) is 31.7 Å². The van der Waals surface area contributed by atoms with E-state index in [2.05, 4.69) is 5.32 Å². The minimum absolute atomic E-state index is 0.0963. The lowest BCUT2D eigenvalue weighted by Crippen LogP contribution is -2.26. The van der Waals surface area contributed by atoms with Gasteiger partial charge in [-0.2, -0.15) is 0 Å². The SMILES string of the molecule is CCCOC(=O)c1sc(C(=O)NCCOC)c(O)c1C(C)C. The molecule has 0 unspecified atom stereocenters. The van der Waals surface area contributed by atoms with Crippen LogP contribution in [0.3, 0.4) is 0 Å². The molecule has 2 N–H and O–H groups in total. The number of methoxy groups -OCH3 is 1. The van der Waals surface area contributed by atoms with Gasteiger partial charge in [0.2, 0.25) is 0 Å². The molecule has 1 aromatic heterocycles. The van der Waals surface area contributed by atoms with Crippen molar-refractivity contribution in [2.75, 3.05) is 26.9 Å². The number of hydrogen-bond acceptors (Lipinski definition) is 6. The zero-order valence-electron chi connectivity index (χ0n) is 13.4. The fourth-order valence-corrected chi connectivity index (χ4v) is 3.04. The van der Waals surface area contributed by atoms with Gasteiger partial charge in [-0.1, -0.05) is 20.8 Å². The fraction of sp³-hybridized carbons (Fsp3) is 0.600. The number of thiophene rings is 1. The van der Waals surface area contributed by atoms with Crippen LogP contribution >= 0.6 is 11.3 Å². The second-order valence-corrected chi connectivity index (χ2v) is 6.08. The minimum Gasteiger partial charge on any atom is -0.506 e. The van der Waals surface area contributed by atoms with E-state index in [9.17, 15) is 14.7 Å². The Kier molecular flexibility index (Phi) is 7.34. The molecule has 0 aliphatic heterocycles. The maximum Gasteiger partial charge on any atom is 0.348 e. The molecular formula is C15H23NO5S. The van der Waals surface area contributed by atoms with Crippen LogP contribution < -0.4 is 5.32 Å². The molecule has 7 heteroatoms. The maximum absolute atomic E-state index is 12.1. The summed E-state index contributed by atoms with van der Waals surface area (Å²) in [5, 5.41) is 12.9. The van der Waals surface area contributed by atoms with E-state index in [-0.39, 0.29) is 21.4 Å². The van der Waals surface area contributed by atoms with Gasteiger partial charge in [0.05, 0.1) is 13.2 Å². The highest BCUT2D eigenvalue weighted by molar-refractivity contribution is 7.16. The second-order valence-electron chi connectivity index (χ2n) is 5.06. The zero-order valence-corrected chi connectivity index (χ0v) is 14.2. The lowest BCUT2D eigenvalue weighted by Gasteiger charge is -2.08. The Labute approximate surface area is 134 Å². The molecule has 0 saturated carbocycles. The standard InChI is InChI=1S/C15H23NO5S/c1-5-7-21-15(19)12-10(9(2)3)11(17)13(22-12)14(18)16-6-8-20-4/h9,17H,5-8H2,1-4H3,(H,16,18). The third kappa shape index (κ3) is 4.45. The number of hydrogen-bond donors (Lipinski definition) is 2. The molecule has 6 nitrogen and oxygen atoms in total. The third-order valence-corrected chi connectivity index (χ3v) is 4.09. The lowest BCUT2D eigenvalue weighted by molar-refractivity contribution is 0.0508. The van der Waals surface area contributed by atoms with Crippen molar-refractivity contribution >= 4 is 23.2 Å². The van der Waals surface area contributed by atoms with Crippen LogP contribution in [-0.2, 0) is 9.47 Å². The number of ether oxygens (including phenoxy) is 2. The Morgan fingerprint density at radius 3 is 2.50 bits per heavy atom. The van der Waals surface area contributed by atoms with E-state index < -0.39 is 11.9 Å². The lowest BCUT2D eigenvalue weighted by atomic mass is 10.0. The fourth-order valence-electron chi connectivity index (χ4n) is 1.88. The molecule has 1 rings (SSSR count). The predicted molar refractivity (Wildman–Crippen MR) is 84.9 cm³/mol. The molecule has 0 aliphatic rings. The summed E-state index contributed by atoms with van der Waals surface area (Å²) in [6, 6.07) is 0. The molecule has 22 heavy (non-hydrogen) atoms. The normalized spacial score (nSPS) is 10.8. The first-order chi connectivity index (χ1) is 10.4. The first-order valence-corrected chi connectivity index (χ1v) is 8.05. The summed E-state index contributed by atoms with van der Waals surface area (Å²) in [7, 11) is 1.54. The van der Waals surface area contributed by atoms with E-state index in [4.69, 9.17) is 9.47 Å². The molecule has 1 heterocycles. The summed E-state index contributed by atoms with van der Waals surface area (Å²) < 4.78 is 9.98. The van der Waals surface area contributed by atoms with Gasteiger partial charge < -0.3 is 19.9 Å². The Bertz CT molecular complexity index is 524. The monoisotopic (exact) mass is 329 g/mol. The van der Waals surface area contributed by atoms with Crippen molar-refractivity contribution in [1.29, 1.82) is 0 Å². The number of nitrogens with one attached hydrogen (secondary N) is 1. The Morgan fingerprint density at radius 1 is 1.27 bits per heavy atom. The van der Waals surface area contributed by atoms with Gasteiger partial charge in [-0.25, -0.2) is 4.79 Å². The Hall–Kier alpha value is -1.60. The van der Waals surface area contributed by atoms with Crippen molar-refractivity contribution in [3.63, 3.8) is 0 Å². The summed E-state index contributed by atoms with van der Waals surface area (Å²) in [5.74, 6) is -1.16. The van der Waals surface area contributed by atoms with Gasteiger partial charge >= 0.3 is 5.97 Å². The molecule has 1 aromatic rings. The topological polar surface area (TPSA) is 84.9 Å². The predicted octanol–water partition coefficient (Wildman–Crippen LogP) is 2.52. The second kappa shape index (κ2) is 8.75. The average Bonchev–Trinajstić information content (AvgIpc) is 2.82. The number of carbonyl (C=O) groups is 2. The molecule has 0 aliphatic carbocycles. The molecular weight excluding hydrogens is 306 g/mol. The van der Waals surface area contributed by atoms with Crippen LogP contribution in [0.25, 0.3) is 0 Å². The van der Waals surface area contributed by atoms with Gasteiger partial charge in [0, 0.05) is 19.2 Å². The molecule has 0 radical (unpaired) electrons. The molecule has 0 atom stereocenters. The van der Waals surface area contributed by atoms with Gasteiger partial charge in [-0.15, -0.1) is 11.3 Å². The van der Waals surface area contributed by atoms with E-state index in [0.717, 1.165) is 11.3 Å². The van der Waals surface area contributed by atoms with Crippen LogP contribution in [0.4, 0.5) is 0 Å². The van der Waals surface area contributed by atoms with Crippen molar-refractivity contribution in [3.8, 4) is 5.75 Å². The minimum atomic E-state index is -0.498. The quantitative estimate of drug-likeness (QED) is 0.565. The van der Waals surface area contributed by atoms with E-state index in [1.165, 1.54) is 7.11 Å². The van der Waals surface area contributed by atoms with Gasteiger partial charge in [-0.05, 0) is 12.3 Å². The summed E-state index contributed by atoms with van der Waals surface area (Å²) in [6.45, 7) is 6.62. The van der Waals surface area contributed by atoms with Crippen molar-refractivity contribution in [3.05, 3.63) is 15.3 Å². The smallest absolute Gasteiger partial charge is 0.348 e. The van der Waals surface area contributed by atoms with Crippen LogP contribution in [0.1, 0.15) is 58.0 Å². The van der Waals surface area contributed by atoms with E-state index in [1.54, 1.807) is 0 Å². The largest absolute Gasteiger partial charge is 0.506 e. The zero-order chi connectivity index (χ0) is 16.7. The van der Waals surface area contributed by atoms with Crippen molar-refractivity contribution in [1.82, 2.24) is 5.32 Å². The van der Waals surface area contributed by atoms with E-state index in [1.807, 2.05) is 20.8 Å². The summed E-state index contributed by atoms with van der Waals surface area (Å²) >= 11 is 0.962. The highest BCUT2D eigenvalue weighted by Gasteiger charge is 2.28. The highest BCUT2D eigenvalue weighted by atomic mass is 32.1. The van der Waals surface area contributed by atoms with Gasteiger partial charge in [-0.3, -0.25) is 4.79 Å². The summed E-state index contributed by atoms with van der Waals surface area (Å²) in [4.78, 5) is 24.6. The van der Waals surface area contributed by atoms with Gasteiger partial charge in [0.15, 0.2) is 0 Å². The summed E-state index contributed by atoms with van der Waals surface area (Å²) in [6.07, 6.45) is 0.713. The molecule has 0 bridgehead atoms. The number of carbonyl (C=O) groups excluding carboxylic acids is 2. The molecule has 0 aromatic carbocycles. The Morgan fingerprint density at radius 2 is 1.95 bits per heavy atom. The third-order valence-electron chi connectivity index (χ3n) is 2.92. The highest BCUT2D eigenvalue weighted by Crippen LogP contribution is 2.39. The number of amides is 1. The number of rotatable bonds is 8. The molecule has 0 fully saturated rings. The van der Waals surface area contributed by atoms with Crippen LogP contribution in [-0.4, -0.2) is 43.9 Å². The van der Waals surface area contributed by atoms with E-state index >= 15 is 0 Å². The average molecular weight is 329 g/mol. The van der Waals surface area contributed by atoms with Crippen LogP contribution in [0, 0.1) is 0 Å². The van der Waals surface area contributed by atoms with Crippen molar-refractivity contribution in [2.45, 2.75) is 33.1 Å².